The van der Waals surface area contributed by atoms with Crippen LogP contribution in [0.2, 0.25) is 0 Å². The summed E-state index contributed by atoms with van der Waals surface area (Å²) < 4.78 is 0.845. The van der Waals surface area contributed by atoms with Gasteiger partial charge in [-0.15, -0.1) is 0 Å². The van der Waals surface area contributed by atoms with Crippen molar-refractivity contribution in [2.45, 2.75) is 41.0 Å². The number of anilines is 2. The minimum absolute atomic E-state index is 0.165. The molecule has 0 saturated carbocycles. The predicted molar refractivity (Wildman–Crippen MR) is 104 cm³/mol. The zero-order chi connectivity index (χ0) is 19.2. The summed E-state index contributed by atoms with van der Waals surface area (Å²) in [5.41, 5.74) is 9.01. The number of hydrogen-bond donors (Lipinski definition) is 3. The molecule has 1 atom stereocenters. The third-order valence-electron chi connectivity index (χ3n) is 3.51. The van der Waals surface area contributed by atoms with Crippen LogP contribution in [-0.4, -0.2) is 18.4 Å². The number of carbonyl (C=O) groups is 2. The van der Waals surface area contributed by atoms with Gasteiger partial charge in [0.25, 0.3) is 0 Å². The van der Waals surface area contributed by atoms with Crippen molar-refractivity contribution in [1.82, 2.24) is 5.48 Å². The summed E-state index contributed by atoms with van der Waals surface area (Å²) >= 11 is 3.34. The SMILES string of the molecule is CC(C)CC(CNOC(=O)C(C)(C)C)C(=O)Nc1ccc(Br)cc1N. The molecular weight excluding hydrogens is 386 g/mol. The van der Waals surface area contributed by atoms with Gasteiger partial charge >= 0.3 is 5.97 Å². The van der Waals surface area contributed by atoms with Crippen LogP contribution in [0.4, 0.5) is 11.4 Å². The average Bonchev–Trinajstić information content (AvgIpc) is 2.47. The van der Waals surface area contributed by atoms with E-state index in [1.54, 1.807) is 32.9 Å². The summed E-state index contributed by atoms with van der Waals surface area (Å²) in [6.45, 7) is 9.62. The van der Waals surface area contributed by atoms with Gasteiger partial charge in [0.2, 0.25) is 5.91 Å². The lowest BCUT2D eigenvalue weighted by molar-refractivity contribution is -0.161. The van der Waals surface area contributed by atoms with Crippen molar-refractivity contribution in [2.24, 2.45) is 17.3 Å². The van der Waals surface area contributed by atoms with Crippen LogP contribution in [-0.2, 0) is 14.4 Å². The highest BCUT2D eigenvalue weighted by Crippen LogP contribution is 2.24. The monoisotopic (exact) mass is 413 g/mol. The smallest absolute Gasteiger partial charge is 0.329 e. The van der Waals surface area contributed by atoms with E-state index in [4.69, 9.17) is 10.6 Å². The Kier molecular flexibility index (Phi) is 7.89. The number of nitrogen functional groups attached to an aromatic ring is 1. The van der Waals surface area contributed by atoms with Gasteiger partial charge in [0.05, 0.1) is 22.7 Å². The lowest BCUT2D eigenvalue weighted by Gasteiger charge is -2.21. The maximum absolute atomic E-state index is 12.6. The quantitative estimate of drug-likeness (QED) is 0.467. The molecule has 0 radical (unpaired) electrons. The van der Waals surface area contributed by atoms with Gasteiger partial charge in [-0.25, -0.2) is 4.79 Å². The summed E-state index contributed by atoms with van der Waals surface area (Å²) in [5, 5.41) is 2.85. The highest BCUT2D eigenvalue weighted by molar-refractivity contribution is 9.10. The van der Waals surface area contributed by atoms with E-state index in [9.17, 15) is 9.59 Å². The molecule has 1 unspecified atom stereocenters. The van der Waals surface area contributed by atoms with Crippen molar-refractivity contribution in [3.63, 3.8) is 0 Å². The summed E-state index contributed by atoms with van der Waals surface area (Å²) in [6.07, 6.45) is 0.655. The number of rotatable bonds is 7. The first-order chi connectivity index (χ1) is 11.5. The number of nitrogens with one attached hydrogen (secondary N) is 2. The fraction of sp³-hybridized carbons (Fsp3) is 0.556. The average molecular weight is 414 g/mol. The minimum atomic E-state index is -0.603. The van der Waals surface area contributed by atoms with Gasteiger partial charge in [-0.1, -0.05) is 29.8 Å². The zero-order valence-corrected chi connectivity index (χ0v) is 17.1. The molecule has 0 aromatic heterocycles. The molecule has 4 N–H and O–H groups in total. The van der Waals surface area contributed by atoms with E-state index < -0.39 is 5.41 Å². The Bertz CT molecular complexity index is 612. The van der Waals surface area contributed by atoms with Crippen molar-refractivity contribution in [3.8, 4) is 0 Å². The molecule has 1 amide bonds. The van der Waals surface area contributed by atoms with Gasteiger partial charge in [-0.05, 0) is 51.3 Å². The second-order valence-corrected chi connectivity index (χ2v) is 8.45. The molecule has 25 heavy (non-hydrogen) atoms. The zero-order valence-electron chi connectivity index (χ0n) is 15.5. The van der Waals surface area contributed by atoms with E-state index in [2.05, 4.69) is 26.7 Å². The molecule has 0 bridgehead atoms. The molecule has 140 valence electrons. The van der Waals surface area contributed by atoms with Crippen molar-refractivity contribution < 1.29 is 14.4 Å². The molecule has 6 nitrogen and oxygen atoms in total. The molecule has 0 spiro atoms. The molecule has 1 rings (SSSR count). The van der Waals surface area contributed by atoms with Crippen LogP contribution >= 0.6 is 15.9 Å². The fourth-order valence-electron chi connectivity index (χ4n) is 2.10. The molecule has 0 aliphatic carbocycles. The van der Waals surface area contributed by atoms with Crippen molar-refractivity contribution in [1.29, 1.82) is 0 Å². The van der Waals surface area contributed by atoms with Gasteiger partial charge in [-0.3, -0.25) is 4.79 Å². The van der Waals surface area contributed by atoms with Gasteiger partial charge in [0.1, 0.15) is 0 Å². The van der Waals surface area contributed by atoms with Gasteiger partial charge in [0, 0.05) is 11.0 Å². The third kappa shape index (κ3) is 7.44. The number of hydroxylamine groups is 1. The Balaban J connectivity index is 2.70. The second kappa shape index (κ2) is 9.20. The molecule has 0 fully saturated rings. The van der Waals surface area contributed by atoms with E-state index in [1.165, 1.54) is 0 Å². The van der Waals surface area contributed by atoms with Crippen molar-refractivity contribution in [3.05, 3.63) is 22.7 Å². The molecule has 1 aromatic rings. The Morgan fingerprint density at radius 2 is 1.92 bits per heavy atom. The maximum Gasteiger partial charge on any atom is 0.329 e. The molecular formula is C18H28BrN3O3. The second-order valence-electron chi connectivity index (χ2n) is 7.54. The van der Waals surface area contributed by atoms with E-state index in [-0.39, 0.29) is 24.3 Å². The Labute approximate surface area is 158 Å². The van der Waals surface area contributed by atoms with Crippen LogP contribution in [0.3, 0.4) is 0 Å². The molecule has 1 aromatic carbocycles. The van der Waals surface area contributed by atoms with E-state index in [1.807, 2.05) is 19.9 Å². The summed E-state index contributed by atoms with van der Waals surface area (Å²) in [6, 6.07) is 5.29. The molecule has 0 saturated heterocycles. The van der Waals surface area contributed by atoms with Crippen LogP contribution in [0, 0.1) is 17.3 Å². The van der Waals surface area contributed by atoms with Crippen molar-refractivity contribution in [2.75, 3.05) is 17.6 Å². The Hall–Kier alpha value is -1.60. The fourth-order valence-corrected chi connectivity index (χ4v) is 2.47. The third-order valence-corrected chi connectivity index (χ3v) is 4.00. The lowest BCUT2D eigenvalue weighted by atomic mass is 9.96. The van der Waals surface area contributed by atoms with Crippen LogP contribution in [0.1, 0.15) is 41.0 Å². The summed E-state index contributed by atoms with van der Waals surface area (Å²) in [7, 11) is 0. The summed E-state index contributed by atoms with van der Waals surface area (Å²) in [5.74, 6) is -0.565. The predicted octanol–water partition coefficient (Wildman–Crippen LogP) is 3.73. The molecule has 0 aliphatic rings. The molecule has 7 heteroatoms. The van der Waals surface area contributed by atoms with Gasteiger partial charge in [-0.2, -0.15) is 5.48 Å². The number of hydrogen-bond acceptors (Lipinski definition) is 5. The van der Waals surface area contributed by atoms with Gasteiger partial charge < -0.3 is 15.9 Å². The normalized spacial score (nSPS) is 12.8. The Morgan fingerprint density at radius 3 is 2.44 bits per heavy atom. The van der Waals surface area contributed by atoms with Crippen LogP contribution in [0.5, 0.6) is 0 Å². The van der Waals surface area contributed by atoms with Crippen molar-refractivity contribution >= 4 is 39.2 Å². The molecule has 0 aliphatic heterocycles. The van der Waals surface area contributed by atoms with Crippen LogP contribution in [0.25, 0.3) is 0 Å². The first kappa shape index (κ1) is 21.4. The number of halogens is 1. The maximum atomic E-state index is 12.6. The highest BCUT2D eigenvalue weighted by atomic mass is 79.9. The number of nitrogens with two attached hydrogens (primary N) is 1. The number of carbonyl (C=O) groups excluding carboxylic acids is 2. The van der Waals surface area contributed by atoms with Gasteiger partial charge in [0.15, 0.2) is 0 Å². The first-order valence-corrected chi connectivity index (χ1v) is 9.10. The number of benzene rings is 1. The van der Waals surface area contributed by atoms with Crippen LogP contribution in [0.15, 0.2) is 22.7 Å². The van der Waals surface area contributed by atoms with Crippen LogP contribution < -0.4 is 16.5 Å². The topological polar surface area (TPSA) is 93.4 Å². The van der Waals surface area contributed by atoms with E-state index >= 15 is 0 Å². The lowest BCUT2D eigenvalue weighted by Crippen LogP contribution is -2.37. The highest BCUT2D eigenvalue weighted by Gasteiger charge is 2.25. The summed E-state index contributed by atoms with van der Waals surface area (Å²) in [4.78, 5) is 29.5. The van der Waals surface area contributed by atoms with E-state index in [0.29, 0.717) is 23.7 Å². The number of amides is 1. The van der Waals surface area contributed by atoms with E-state index in [0.717, 1.165) is 4.47 Å². The largest absolute Gasteiger partial charge is 0.397 e. The first-order valence-electron chi connectivity index (χ1n) is 8.30. The minimum Gasteiger partial charge on any atom is -0.397 e. The Morgan fingerprint density at radius 1 is 1.28 bits per heavy atom. The standard InChI is InChI=1S/C18H28BrN3O3/c1-11(2)8-12(10-21-25-17(24)18(3,4)5)16(23)22-15-7-6-13(19)9-14(15)20/h6-7,9,11-12,21H,8,10,20H2,1-5H3,(H,22,23). The molecule has 0 heterocycles.